The Morgan fingerprint density at radius 2 is 2.45 bits per heavy atom. The zero-order valence-electron chi connectivity index (χ0n) is 5.28. The first-order valence-corrected chi connectivity index (χ1v) is 3.04. The molecule has 1 rings (SSSR count). The summed E-state index contributed by atoms with van der Waals surface area (Å²) in [6, 6.07) is 1.36. The first-order valence-electron chi connectivity index (χ1n) is 2.66. The number of halogens is 1. The molecule has 58 valence electrons. The fourth-order valence-electron chi connectivity index (χ4n) is 0.514. The molecule has 0 aliphatic carbocycles. The summed E-state index contributed by atoms with van der Waals surface area (Å²) in [5.41, 5.74) is 0. The molecule has 0 saturated carbocycles. The maximum atomic E-state index is 10.1. The quantitative estimate of drug-likeness (QED) is 0.670. The van der Waals surface area contributed by atoms with Crippen LogP contribution >= 0.6 is 11.6 Å². The average Bonchev–Trinajstić information content (AvgIpc) is 1.85. The Hall–Kier alpha value is -1.36. The molecule has 0 aliphatic heterocycles. The highest BCUT2D eigenvalue weighted by Crippen LogP contribution is 2.09. The van der Waals surface area contributed by atoms with Gasteiger partial charge in [-0.15, -0.1) is 5.10 Å². The van der Waals surface area contributed by atoms with Crippen molar-refractivity contribution in [3.8, 4) is 0 Å². The Morgan fingerprint density at radius 1 is 1.73 bits per heavy atom. The first-order chi connectivity index (χ1) is 5.18. The summed E-state index contributed by atoms with van der Waals surface area (Å²) in [6.45, 7) is 0. The van der Waals surface area contributed by atoms with E-state index in [9.17, 15) is 4.79 Å². The Bertz CT molecular complexity index is 278. The molecule has 0 aromatic carbocycles. The Kier molecular flexibility index (Phi) is 2.22. The summed E-state index contributed by atoms with van der Waals surface area (Å²) >= 11 is 5.49. The summed E-state index contributed by atoms with van der Waals surface area (Å²) in [5.74, 6) is 0.116. The van der Waals surface area contributed by atoms with Crippen molar-refractivity contribution in [2.24, 2.45) is 0 Å². The molecule has 1 aromatic heterocycles. The second-order valence-corrected chi connectivity index (χ2v) is 2.13. The maximum Gasteiger partial charge on any atom is 0.410 e. The highest BCUT2D eigenvalue weighted by Gasteiger charge is 1.99. The third kappa shape index (κ3) is 2.38. The van der Waals surface area contributed by atoms with Crippen molar-refractivity contribution < 1.29 is 9.90 Å². The summed E-state index contributed by atoms with van der Waals surface area (Å²) in [6.07, 6.45) is 0.121. The molecule has 0 aliphatic rings. The Labute approximate surface area is 67.0 Å². The molecule has 11 heavy (non-hydrogen) atoms. The number of carbonyl (C=O) groups is 1. The molecule has 6 heteroatoms. The molecule has 0 bridgehead atoms. The average molecular weight is 174 g/mol. The van der Waals surface area contributed by atoms with Crippen molar-refractivity contribution in [2.45, 2.75) is 0 Å². The van der Waals surface area contributed by atoms with E-state index in [1.807, 2.05) is 5.32 Å². The minimum Gasteiger partial charge on any atom is -0.465 e. The highest BCUT2D eigenvalue weighted by molar-refractivity contribution is 6.30. The topological polar surface area (TPSA) is 75.1 Å². The summed E-state index contributed by atoms with van der Waals surface area (Å²) in [4.78, 5) is 10.1. The molecule has 0 atom stereocenters. The van der Waals surface area contributed by atoms with E-state index in [0.717, 1.165) is 0 Å². The lowest BCUT2D eigenvalue weighted by Crippen LogP contribution is -2.08. The van der Waals surface area contributed by atoms with Gasteiger partial charge >= 0.3 is 6.09 Å². The molecular weight excluding hydrogens is 170 g/mol. The smallest absolute Gasteiger partial charge is 0.410 e. The zero-order chi connectivity index (χ0) is 8.27. The number of hydrogen-bond acceptors (Lipinski definition) is 3. The molecule has 5 nitrogen and oxygen atoms in total. The van der Waals surface area contributed by atoms with Gasteiger partial charge in [-0.05, 0) is 0 Å². The van der Waals surface area contributed by atoms with E-state index in [-0.39, 0.29) is 5.82 Å². The highest BCUT2D eigenvalue weighted by atomic mass is 35.5. The van der Waals surface area contributed by atoms with Crippen LogP contribution in [0.3, 0.4) is 0 Å². The summed E-state index contributed by atoms with van der Waals surface area (Å²) in [5, 5.41) is 17.5. The molecule has 0 unspecified atom stereocenters. The standard InChI is InChI=1S/C5H4ClN3O2/c6-3-1-4(8-5(10)11)9-7-2-3/h1-2H,(H,8,9)(H,10,11). The Morgan fingerprint density at radius 3 is 3.00 bits per heavy atom. The van der Waals surface area contributed by atoms with Gasteiger partial charge in [0.15, 0.2) is 5.82 Å². The van der Waals surface area contributed by atoms with E-state index in [4.69, 9.17) is 16.7 Å². The van der Waals surface area contributed by atoms with Crippen LogP contribution in [-0.4, -0.2) is 21.4 Å². The van der Waals surface area contributed by atoms with Crippen molar-refractivity contribution in [1.29, 1.82) is 0 Å². The number of nitrogens with one attached hydrogen (secondary N) is 1. The lowest BCUT2D eigenvalue weighted by molar-refractivity contribution is 0.209. The van der Waals surface area contributed by atoms with Gasteiger partial charge in [-0.25, -0.2) is 4.79 Å². The fraction of sp³-hybridized carbons (Fsp3) is 0. The van der Waals surface area contributed by atoms with Crippen molar-refractivity contribution in [3.05, 3.63) is 17.3 Å². The number of aromatic nitrogens is 2. The monoisotopic (exact) mass is 173 g/mol. The van der Waals surface area contributed by atoms with Crippen LogP contribution in [0.4, 0.5) is 10.6 Å². The second kappa shape index (κ2) is 3.16. The van der Waals surface area contributed by atoms with E-state index < -0.39 is 6.09 Å². The minimum absolute atomic E-state index is 0.116. The van der Waals surface area contributed by atoms with Gasteiger partial charge in [0.05, 0.1) is 11.2 Å². The Balaban J connectivity index is 2.79. The molecule has 0 fully saturated rings. The van der Waals surface area contributed by atoms with Gasteiger partial charge in [0.1, 0.15) is 0 Å². The molecule has 1 heterocycles. The molecular formula is C5H4ClN3O2. The van der Waals surface area contributed by atoms with Crippen LogP contribution in [0.5, 0.6) is 0 Å². The number of nitrogens with zero attached hydrogens (tertiary/aromatic N) is 2. The molecule has 0 saturated heterocycles. The van der Waals surface area contributed by atoms with Crippen molar-refractivity contribution in [2.75, 3.05) is 5.32 Å². The van der Waals surface area contributed by atoms with E-state index >= 15 is 0 Å². The molecule has 1 aromatic rings. The van der Waals surface area contributed by atoms with Crippen molar-refractivity contribution in [1.82, 2.24) is 10.2 Å². The van der Waals surface area contributed by atoms with Crippen LogP contribution < -0.4 is 5.32 Å². The first kappa shape index (κ1) is 7.74. The van der Waals surface area contributed by atoms with Gasteiger partial charge in [0, 0.05) is 6.07 Å². The van der Waals surface area contributed by atoms with Crippen molar-refractivity contribution in [3.63, 3.8) is 0 Å². The van der Waals surface area contributed by atoms with E-state index in [0.29, 0.717) is 5.02 Å². The fourth-order valence-corrected chi connectivity index (χ4v) is 0.661. The zero-order valence-corrected chi connectivity index (χ0v) is 6.04. The van der Waals surface area contributed by atoms with Gasteiger partial charge in [-0.3, -0.25) is 5.32 Å². The van der Waals surface area contributed by atoms with Gasteiger partial charge < -0.3 is 5.11 Å². The molecule has 1 amide bonds. The number of carboxylic acid groups (broad SMARTS) is 1. The number of rotatable bonds is 1. The molecule has 0 radical (unpaired) electrons. The molecule has 2 N–H and O–H groups in total. The summed E-state index contributed by atoms with van der Waals surface area (Å²) in [7, 11) is 0. The predicted molar refractivity (Wildman–Crippen MR) is 38.7 cm³/mol. The number of anilines is 1. The normalized spacial score (nSPS) is 9.18. The lowest BCUT2D eigenvalue weighted by atomic mass is 10.5. The van der Waals surface area contributed by atoms with Crippen LogP contribution in [0.15, 0.2) is 12.3 Å². The third-order valence-electron chi connectivity index (χ3n) is 0.856. The minimum atomic E-state index is -1.19. The third-order valence-corrected chi connectivity index (χ3v) is 1.06. The van der Waals surface area contributed by atoms with Gasteiger partial charge in [0.25, 0.3) is 0 Å². The second-order valence-electron chi connectivity index (χ2n) is 1.69. The number of hydrogen-bond donors (Lipinski definition) is 2. The molecule has 0 spiro atoms. The summed E-state index contributed by atoms with van der Waals surface area (Å²) < 4.78 is 0. The van der Waals surface area contributed by atoms with Crippen molar-refractivity contribution >= 4 is 23.5 Å². The largest absolute Gasteiger partial charge is 0.465 e. The van der Waals surface area contributed by atoms with E-state index in [1.54, 1.807) is 0 Å². The van der Waals surface area contributed by atoms with Crippen LogP contribution in [-0.2, 0) is 0 Å². The van der Waals surface area contributed by atoms with Crippen LogP contribution in [0.1, 0.15) is 0 Å². The van der Waals surface area contributed by atoms with Gasteiger partial charge in [-0.1, -0.05) is 11.6 Å². The van der Waals surface area contributed by atoms with Crippen LogP contribution in [0, 0.1) is 0 Å². The predicted octanol–water partition coefficient (Wildman–Crippen LogP) is 1.22. The maximum absolute atomic E-state index is 10.1. The van der Waals surface area contributed by atoms with E-state index in [2.05, 4.69) is 10.2 Å². The number of amides is 1. The van der Waals surface area contributed by atoms with Gasteiger partial charge in [0.2, 0.25) is 0 Å². The van der Waals surface area contributed by atoms with Gasteiger partial charge in [-0.2, -0.15) is 5.10 Å². The van der Waals surface area contributed by atoms with Crippen LogP contribution in [0.25, 0.3) is 0 Å². The lowest BCUT2D eigenvalue weighted by Gasteiger charge is -1.96. The van der Waals surface area contributed by atoms with Crippen LogP contribution in [0.2, 0.25) is 5.02 Å². The SMILES string of the molecule is O=C(O)Nc1cc(Cl)cnn1. The van der Waals surface area contributed by atoms with E-state index in [1.165, 1.54) is 12.3 Å².